The van der Waals surface area contributed by atoms with Crippen LogP contribution in [0.1, 0.15) is 29.6 Å². The van der Waals surface area contributed by atoms with E-state index in [4.69, 9.17) is 21.4 Å². The van der Waals surface area contributed by atoms with Gasteiger partial charge in [-0.25, -0.2) is 4.79 Å². The van der Waals surface area contributed by atoms with Gasteiger partial charge in [-0.3, -0.25) is 0 Å². The molecular formula is C13H16ClNO3. The van der Waals surface area contributed by atoms with Crippen LogP contribution in [-0.4, -0.2) is 31.3 Å². The average molecular weight is 270 g/mol. The largest absolute Gasteiger partial charge is 0.496 e. The SMILES string of the molecule is COc1cc(N2CCCCC2)c(Cl)cc1C(=O)O. The number of piperidine rings is 1. The number of methoxy groups -OCH3 is 1. The second-order valence-electron chi connectivity index (χ2n) is 4.36. The van der Waals surface area contributed by atoms with E-state index in [1.54, 1.807) is 6.07 Å². The summed E-state index contributed by atoms with van der Waals surface area (Å²) in [4.78, 5) is 13.2. The number of hydrogen-bond acceptors (Lipinski definition) is 3. The summed E-state index contributed by atoms with van der Waals surface area (Å²) in [7, 11) is 1.47. The van der Waals surface area contributed by atoms with Crippen LogP contribution in [-0.2, 0) is 0 Å². The van der Waals surface area contributed by atoms with Crippen molar-refractivity contribution in [2.75, 3.05) is 25.1 Å². The van der Waals surface area contributed by atoms with Crippen molar-refractivity contribution in [3.8, 4) is 5.75 Å². The van der Waals surface area contributed by atoms with Crippen LogP contribution in [0.15, 0.2) is 12.1 Å². The van der Waals surface area contributed by atoms with Gasteiger partial charge in [-0.05, 0) is 25.3 Å². The molecule has 1 aliphatic heterocycles. The molecule has 1 heterocycles. The monoisotopic (exact) mass is 269 g/mol. The smallest absolute Gasteiger partial charge is 0.339 e. The minimum absolute atomic E-state index is 0.100. The van der Waals surface area contributed by atoms with E-state index in [0.717, 1.165) is 31.6 Å². The minimum atomic E-state index is -1.03. The number of carboxylic acids is 1. The van der Waals surface area contributed by atoms with Crippen molar-refractivity contribution >= 4 is 23.3 Å². The fourth-order valence-electron chi connectivity index (χ4n) is 2.26. The number of halogens is 1. The Kier molecular flexibility index (Phi) is 3.97. The van der Waals surface area contributed by atoms with E-state index < -0.39 is 5.97 Å². The minimum Gasteiger partial charge on any atom is -0.496 e. The van der Waals surface area contributed by atoms with E-state index in [9.17, 15) is 4.79 Å². The molecule has 0 spiro atoms. The topological polar surface area (TPSA) is 49.8 Å². The summed E-state index contributed by atoms with van der Waals surface area (Å²) in [5.41, 5.74) is 0.960. The Bertz CT molecular complexity index is 456. The summed E-state index contributed by atoms with van der Waals surface area (Å²) >= 11 is 6.18. The van der Waals surface area contributed by atoms with Gasteiger partial charge in [-0.2, -0.15) is 0 Å². The van der Waals surface area contributed by atoms with Crippen LogP contribution in [0.25, 0.3) is 0 Å². The van der Waals surface area contributed by atoms with Gasteiger partial charge in [0, 0.05) is 19.2 Å². The zero-order chi connectivity index (χ0) is 13.1. The van der Waals surface area contributed by atoms with Crippen molar-refractivity contribution in [3.05, 3.63) is 22.7 Å². The van der Waals surface area contributed by atoms with Gasteiger partial charge in [0.25, 0.3) is 0 Å². The quantitative estimate of drug-likeness (QED) is 0.916. The highest BCUT2D eigenvalue weighted by Crippen LogP contribution is 2.34. The molecule has 0 aromatic heterocycles. The van der Waals surface area contributed by atoms with Gasteiger partial charge in [0.1, 0.15) is 11.3 Å². The van der Waals surface area contributed by atoms with Crippen LogP contribution < -0.4 is 9.64 Å². The molecule has 0 saturated carbocycles. The lowest BCUT2D eigenvalue weighted by molar-refractivity contribution is 0.0693. The van der Waals surface area contributed by atoms with Crippen molar-refractivity contribution in [2.45, 2.75) is 19.3 Å². The van der Waals surface area contributed by atoms with Gasteiger partial charge in [0.2, 0.25) is 0 Å². The predicted octanol–water partition coefficient (Wildman–Crippen LogP) is 3.04. The second-order valence-corrected chi connectivity index (χ2v) is 4.76. The molecule has 0 bridgehead atoms. The highest BCUT2D eigenvalue weighted by molar-refractivity contribution is 6.33. The molecule has 5 heteroatoms. The Labute approximate surface area is 111 Å². The summed E-state index contributed by atoms with van der Waals surface area (Å²) in [5, 5.41) is 9.54. The molecule has 98 valence electrons. The average Bonchev–Trinajstić information content (AvgIpc) is 2.39. The number of nitrogens with zero attached hydrogens (tertiary/aromatic N) is 1. The first-order valence-corrected chi connectivity index (χ1v) is 6.37. The van der Waals surface area contributed by atoms with Gasteiger partial charge in [0.15, 0.2) is 0 Å². The van der Waals surface area contributed by atoms with Crippen molar-refractivity contribution in [1.29, 1.82) is 0 Å². The first-order chi connectivity index (χ1) is 8.63. The van der Waals surface area contributed by atoms with Crippen LogP contribution in [0.3, 0.4) is 0 Å². The maximum atomic E-state index is 11.1. The summed E-state index contributed by atoms with van der Waals surface area (Å²) in [6.07, 6.45) is 3.51. The lowest BCUT2D eigenvalue weighted by atomic mass is 10.1. The van der Waals surface area contributed by atoms with Crippen LogP contribution >= 0.6 is 11.6 Å². The van der Waals surface area contributed by atoms with Crippen molar-refractivity contribution in [1.82, 2.24) is 0 Å². The Balaban J connectivity index is 2.39. The van der Waals surface area contributed by atoms with Crippen molar-refractivity contribution in [2.24, 2.45) is 0 Å². The molecule has 1 saturated heterocycles. The summed E-state index contributed by atoms with van der Waals surface area (Å²) in [5.74, 6) is -0.675. The second kappa shape index (κ2) is 5.48. The number of carboxylic acid groups (broad SMARTS) is 1. The van der Waals surface area contributed by atoms with Crippen LogP contribution in [0.4, 0.5) is 5.69 Å². The van der Waals surface area contributed by atoms with E-state index in [1.807, 2.05) is 0 Å². The zero-order valence-corrected chi connectivity index (χ0v) is 11.0. The molecule has 4 nitrogen and oxygen atoms in total. The molecule has 1 aliphatic rings. The van der Waals surface area contributed by atoms with Gasteiger partial charge >= 0.3 is 5.97 Å². The van der Waals surface area contributed by atoms with Gasteiger partial charge in [0.05, 0.1) is 17.8 Å². The Morgan fingerprint density at radius 2 is 2.00 bits per heavy atom. The van der Waals surface area contributed by atoms with Gasteiger partial charge < -0.3 is 14.7 Å². The molecule has 0 aliphatic carbocycles. The summed E-state index contributed by atoms with van der Waals surface area (Å²) in [6.45, 7) is 1.91. The molecule has 18 heavy (non-hydrogen) atoms. The Morgan fingerprint density at radius 1 is 1.33 bits per heavy atom. The van der Waals surface area contributed by atoms with Crippen LogP contribution in [0.2, 0.25) is 5.02 Å². The number of rotatable bonds is 3. The standard InChI is InChI=1S/C13H16ClNO3/c1-18-12-8-11(15-5-3-2-4-6-15)10(14)7-9(12)13(16)17/h7-8H,2-6H2,1H3,(H,16,17). The van der Waals surface area contributed by atoms with Crippen LogP contribution in [0.5, 0.6) is 5.75 Å². The first-order valence-electron chi connectivity index (χ1n) is 5.99. The normalized spacial score (nSPS) is 15.6. The summed E-state index contributed by atoms with van der Waals surface area (Å²) in [6, 6.07) is 3.18. The molecule has 1 fully saturated rings. The van der Waals surface area contributed by atoms with E-state index in [0.29, 0.717) is 10.8 Å². The lowest BCUT2D eigenvalue weighted by Crippen LogP contribution is -2.29. The Hall–Kier alpha value is -1.42. The number of benzene rings is 1. The van der Waals surface area contributed by atoms with E-state index in [-0.39, 0.29) is 5.56 Å². The lowest BCUT2D eigenvalue weighted by Gasteiger charge is -2.30. The first kappa shape index (κ1) is 13.0. The molecular weight excluding hydrogens is 254 g/mol. The molecule has 2 rings (SSSR count). The van der Waals surface area contributed by atoms with E-state index in [2.05, 4.69) is 4.90 Å². The predicted molar refractivity (Wildman–Crippen MR) is 71.0 cm³/mol. The highest BCUT2D eigenvalue weighted by atomic mass is 35.5. The molecule has 1 aromatic carbocycles. The van der Waals surface area contributed by atoms with Gasteiger partial charge in [-0.1, -0.05) is 11.6 Å². The molecule has 0 atom stereocenters. The van der Waals surface area contributed by atoms with Crippen molar-refractivity contribution < 1.29 is 14.6 Å². The third kappa shape index (κ3) is 2.53. The fraction of sp³-hybridized carbons (Fsp3) is 0.462. The molecule has 0 amide bonds. The van der Waals surface area contributed by atoms with Crippen molar-refractivity contribution in [3.63, 3.8) is 0 Å². The highest BCUT2D eigenvalue weighted by Gasteiger charge is 2.19. The maximum Gasteiger partial charge on any atom is 0.339 e. The van der Waals surface area contributed by atoms with Crippen LogP contribution in [0, 0.1) is 0 Å². The van der Waals surface area contributed by atoms with E-state index in [1.165, 1.54) is 19.6 Å². The zero-order valence-electron chi connectivity index (χ0n) is 10.3. The number of carbonyl (C=O) groups is 1. The number of aromatic carboxylic acids is 1. The maximum absolute atomic E-state index is 11.1. The molecule has 0 radical (unpaired) electrons. The molecule has 1 aromatic rings. The van der Waals surface area contributed by atoms with Gasteiger partial charge in [-0.15, -0.1) is 0 Å². The van der Waals surface area contributed by atoms with E-state index >= 15 is 0 Å². The number of anilines is 1. The Morgan fingerprint density at radius 3 is 2.56 bits per heavy atom. The molecule has 1 N–H and O–H groups in total. The molecule has 0 unspecified atom stereocenters. The summed E-state index contributed by atoms with van der Waals surface area (Å²) < 4.78 is 5.13. The third-order valence-electron chi connectivity index (χ3n) is 3.20. The third-order valence-corrected chi connectivity index (χ3v) is 3.50. The fourth-order valence-corrected chi connectivity index (χ4v) is 2.54. The number of ether oxygens (including phenoxy) is 1. The number of hydrogen-bond donors (Lipinski definition) is 1.